The highest BCUT2D eigenvalue weighted by atomic mass is 19.4. The van der Waals surface area contributed by atoms with Crippen LogP contribution in [0, 0.1) is 0 Å². The Hall–Kier alpha value is -1.40. The van der Waals surface area contributed by atoms with E-state index >= 15 is 0 Å². The number of hydrogen-bond acceptors (Lipinski definition) is 3. The Kier molecular flexibility index (Phi) is 4.77. The lowest BCUT2D eigenvalue weighted by Crippen LogP contribution is -2.46. The highest BCUT2D eigenvalue weighted by Crippen LogP contribution is 2.29. The van der Waals surface area contributed by atoms with Crippen LogP contribution in [0.2, 0.25) is 0 Å². The summed E-state index contributed by atoms with van der Waals surface area (Å²) in [5.41, 5.74) is 0.263. The molecule has 3 nitrogen and oxygen atoms in total. The van der Waals surface area contributed by atoms with Crippen molar-refractivity contribution in [3.8, 4) is 0 Å². The first-order valence-electron chi connectivity index (χ1n) is 6.53. The van der Waals surface area contributed by atoms with Crippen molar-refractivity contribution in [3.63, 3.8) is 0 Å². The lowest BCUT2D eigenvalue weighted by atomic mass is 10.1. The first kappa shape index (κ1) is 15.0. The molecule has 110 valence electrons. The highest BCUT2D eigenvalue weighted by Gasteiger charge is 2.30. The van der Waals surface area contributed by atoms with E-state index in [4.69, 9.17) is 0 Å². The number of benzene rings is 1. The van der Waals surface area contributed by atoms with Gasteiger partial charge in [-0.25, -0.2) is 0 Å². The van der Waals surface area contributed by atoms with E-state index in [0.29, 0.717) is 13.1 Å². The van der Waals surface area contributed by atoms with Crippen molar-refractivity contribution in [3.05, 3.63) is 35.4 Å². The fraction of sp³-hybridized carbons (Fsp3) is 0.500. The summed E-state index contributed by atoms with van der Waals surface area (Å²) in [6, 6.07) is 5.30. The lowest BCUT2D eigenvalue weighted by molar-refractivity contribution is -0.137. The monoisotopic (exact) mass is 286 g/mol. The van der Waals surface area contributed by atoms with Crippen LogP contribution in [0.1, 0.15) is 11.1 Å². The molecule has 20 heavy (non-hydrogen) atoms. The Labute approximate surface area is 116 Å². The van der Waals surface area contributed by atoms with Gasteiger partial charge in [-0.1, -0.05) is 12.1 Å². The van der Waals surface area contributed by atoms with E-state index in [1.54, 1.807) is 0 Å². The molecule has 0 spiro atoms. The fourth-order valence-corrected chi connectivity index (χ4v) is 2.29. The van der Waals surface area contributed by atoms with E-state index in [1.165, 1.54) is 12.1 Å². The number of rotatable bonds is 4. The summed E-state index contributed by atoms with van der Waals surface area (Å²) in [6.45, 7) is 4.39. The molecule has 0 atom stereocenters. The zero-order chi connectivity index (χ0) is 14.6. The third kappa shape index (κ3) is 4.05. The van der Waals surface area contributed by atoms with Crippen LogP contribution in [0.3, 0.4) is 0 Å². The van der Waals surface area contributed by atoms with E-state index in [0.717, 1.165) is 50.2 Å². The van der Waals surface area contributed by atoms with Crippen LogP contribution in [-0.2, 0) is 17.5 Å². The number of nitrogens with zero attached hydrogens (tertiary/aromatic N) is 2. The summed E-state index contributed by atoms with van der Waals surface area (Å²) in [4.78, 5) is 14.7. The predicted octanol–water partition coefficient (Wildman–Crippen LogP) is 2.02. The Balaban J connectivity index is 1.87. The van der Waals surface area contributed by atoms with Gasteiger partial charge < -0.3 is 4.79 Å². The normalized spacial score (nSPS) is 18.1. The quantitative estimate of drug-likeness (QED) is 0.791. The van der Waals surface area contributed by atoms with Crippen molar-refractivity contribution in [2.45, 2.75) is 12.7 Å². The molecule has 1 saturated heterocycles. The summed E-state index contributed by atoms with van der Waals surface area (Å²) >= 11 is 0. The van der Waals surface area contributed by atoms with E-state index in [9.17, 15) is 18.0 Å². The van der Waals surface area contributed by atoms with E-state index < -0.39 is 11.7 Å². The topological polar surface area (TPSA) is 23.6 Å². The lowest BCUT2D eigenvalue weighted by Gasteiger charge is -2.33. The molecule has 1 aromatic rings. The van der Waals surface area contributed by atoms with Gasteiger partial charge in [-0.15, -0.1) is 0 Å². The maximum atomic E-state index is 12.4. The molecule has 0 radical (unpaired) electrons. The van der Waals surface area contributed by atoms with E-state index in [2.05, 4.69) is 9.80 Å². The second kappa shape index (κ2) is 6.37. The largest absolute Gasteiger partial charge is 0.416 e. The zero-order valence-electron chi connectivity index (χ0n) is 11.1. The number of halogens is 3. The Bertz CT molecular complexity index is 437. The van der Waals surface area contributed by atoms with Gasteiger partial charge in [0, 0.05) is 32.7 Å². The minimum Gasteiger partial charge on any atom is -0.302 e. The van der Waals surface area contributed by atoms with Crippen molar-refractivity contribution in [1.29, 1.82) is 0 Å². The second-order valence-corrected chi connectivity index (χ2v) is 4.94. The Morgan fingerprint density at radius 2 is 1.55 bits per heavy atom. The second-order valence-electron chi connectivity index (χ2n) is 4.94. The molecular weight excluding hydrogens is 269 g/mol. The molecule has 1 aliphatic rings. The van der Waals surface area contributed by atoms with Crippen LogP contribution in [0.4, 0.5) is 13.2 Å². The maximum absolute atomic E-state index is 12.4. The standard InChI is InChI=1S/C14H17F3N2O/c15-14(16,17)13-3-1-12(2-4-13)11-19-7-5-18(6-8-19)9-10-20/h1-4,10H,5-9,11H2. The van der Waals surface area contributed by atoms with Crippen LogP contribution in [-0.4, -0.2) is 48.8 Å². The van der Waals surface area contributed by atoms with Gasteiger partial charge in [-0.2, -0.15) is 13.2 Å². The van der Waals surface area contributed by atoms with Gasteiger partial charge >= 0.3 is 6.18 Å². The van der Waals surface area contributed by atoms with Crippen molar-refractivity contribution in [1.82, 2.24) is 9.80 Å². The van der Waals surface area contributed by atoms with Gasteiger partial charge in [0.15, 0.2) is 0 Å². The molecule has 2 rings (SSSR count). The van der Waals surface area contributed by atoms with Crippen LogP contribution < -0.4 is 0 Å². The van der Waals surface area contributed by atoms with E-state index in [1.807, 2.05) is 0 Å². The minimum absolute atomic E-state index is 0.452. The minimum atomic E-state index is -4.28. The summed E-state index contributed by atoms with van der Waals surface area (Å²) in [5.74, 6) is 0. The predicted molar refractivity (Wildman–Crippen MR) is 69.2 cm³/mol. The first-order valence-corrected chi connectivity index (χ1v) is 6.53. The van der Waals surface area contributed by atoms with Crippen molar-refractivity contribution < 1.29 is 18.0 Å². The number of piperazine rings is 1. The maximum Gasteiger partial charge on any atom is 0.416 e. The number of alkyl halides is 3. The van der Waals surface area contributed by atoms with Gasteiger partial charge in [-0.3, -0.25) is 9.80 Å². The molecule has 1 aliphatic heterocycles. The molecule has 1 fully saturated rings. The average Bonchev–Trinajstić information content (AvgIpc) is 2.41. The molecule has 0 saturated carbocycles. The highest BCUT2D eigenvalue weighted by molar-refractivity contribution is 5.51. The molecule has 0 aromatic heterocycles. The van der Waals surface area contributed by atoms with E-state index in [-0.39, 0.29) is 0 Å². The SMILES string of the molecule is O=CCN1CCN(Cc2ccc(C(F)(F)F)cc2)CC1. The van der Waals surface area contributed by atoms with Crippen LogP contribution in [0.5, 0.6) is 0 Å². The fourth-order valence-electron chi connectivity index (χ4n) is 2.29. The van der Waals surface area contributed by atoms with Gasteiger partial charge in [-0.05, 0) is 17.7 Å². The van der Waals surface area contributed by atoms with Gasteiger partial charge in [0.25, 0.3) is 0 Å². The summed E-state index contributed by atoms with van der Waals surface area (Å²) in [5, 5.41) is 0. The summed E-state index contributed by atoms with van der Waals surface area (Å²) in [7, 11) is 0. The third-order valence-corrected chi connectivity index (χ3v) is 3.49. The van der Waals surface area contributed by atoms with Gasteiger partial charge in [0.05, 0.1) is 12.1 Å². The number of carbonyl (C=O) groups excluding carboxylic acids is 1. The average molecular weight is 286 g/mol. The molecule has 0 N–H and O–H groups in total. The molecule has 0 bridgehead atoms. The van der Waals surface area contributed by atoms with Crippen LogP contribution >= 0.6 is 0 Å². The first-order chi connectivity index (χ1) is 9.49. The number of carbonyl (C=O) groups is 1. The Morgan fingerprint density at radius 3 is 2.05 bits per heavy atom. The molecule has 0 amide bonds. The zero-order valence-corrected chi connectivity index (χ0v) is 11.1. The van der Waals surface area contributed by atoms with Crippen LogP contribution in [0.25, 0.3) is 0 Å². The molecule has 1 heterocycles. The molecule has 6 heteroatoms. The number of hydrogen-bond donors (Lipinski definition) is 0. The summed E-state index contributed by atoms with van der Waals surface area (Å²) < 4.78 is 37.3. The van der Waals surface area contributed by atoms with Gasteiger partial charge in [0.2, 0.25) is 0 Å². The summed E-state index contributed by atoms with van der Waals surface area (Å²) in [6.07, 6.45) is -3.38. The number of aldehydes is 1. The third-order valence-electron chi connectivity index (χ3n) is 3.49. The molecule has 0 aliphatic carbocycles. The van der Waals surface area contributed by atoms with Crippen LogP contribution in [0.15, 0.2) is 24.3 Å². The molecule has 1 aromatic carbocycles. The smallest absolute Gasteiger partial charge is 0.302 e. The Morgan fingerprint density at radius 1 is 1.00 bits per heavy atom. The van der Waals surface area contributed by atoms with Crippen molar-refractivity contribution in [2.24, 2.45) is 0 Å². The van der Waals surface area contributed by atoms with Crippen molar-refractivity contribution >= 4 is 6.29 Å². The molecule has 0 unspecified atom stereocenters. The molecular formula is C14H17F3N2O. The van der Waals surface area contributed by atoms with Crippen molar-refractivity contribution in [2.75, 3.05) is 32.7 Å². The van der Waals surface area contributed by atoms with Gasteiger partial charge in [0.1, 0.15) is 6.29 Å².